The second-order valence-electron chi connectivity index (χ2n) is 6.69. The number of aliphatic hydroxyl groups is 1. The zero-order valence-electron chi connectivity index (χ0n) is 16.6. The average Bonchev–Trinajstić information content (AvgIpc) is 3.18. The standard InChI is InChI=1S/C21H24N2O6S/c1-14-3-2-4-15(7-14)23-21(26)12-30-11-20(25)22-9-16(24)10-27-17-5-6-18-19(8-17)29-13-28-18/h2-8,16,24H,9-13H2,1H3,(H,22,25)(H,23,26). The Kier molecular flexibility index (Phi) is 7.81. The van der Waals surface area contributed by atoms with E-state index >= 15 is 0 Å². The van der Waals surface area contributed by atoms with Crippen LogP contribution in [0.2, 0.25) is 0 Å². The van der Waals surface area contributed by atoms with E-state index < -0.39 is 6.10 Å². The molecule has 0 aromatic heterocycles. The molecule has 0 bridgehead atoms. The molecule has 0 fully saturated rings. The number of nitrogens with one attached hydrogen (secondary N) is 2. The van der Waals surface area contributed by atoms with Gasteiger partial charge in [-0.15, -0.1) is 11.8 Å². The van der Waals surface area contributed by atoms with E-state index in [1.807, 2.05) is 31.2 Å². The topological polar surface area (TPSA) is 106 Å². The number of aryl methyl sites for hydroxylation is 1. The molecule has 0 radical (unpaired) electrons. The van der Waals surface area contributed by atoms with Crippen LogP contribution in [0.25, 0.3) is 0 Å². The smallest absolute Gasteiger partial charge is 0.234 e. The molecule has 1 unspecified atom stereocenters. The van der Waals surface area contributed by atoms with Crippen molar-refractivity contribution in [3.05, 3.63) is 48.0 Å². The lowest BCUT2D eigenvalue weighted by Crippen LogP contribution is -2.36. The fourth-order valence-corrected chi connectivity index (χ4v) is 3.30. The van der Waals surface area contributed by atoms with Gasteiger partial charge in [0, 0.05) is 18.3 Å². The number of carbonyl (C=O) groups excluding carboxylic acids is 2. The van der Waals surface area contributed by atoms with E-state index in [9.17, 15) is 14.7 Å². The number of hydrogen-bond acceptors (Lipinski definition) is 7. The number of amides is 2. The second-order valence-corrected chi connectivity index (χ2v) is 7.68. The number of hydrogen-bond donors (Lipinski definition) is 3. The molecule has 1 aliphatic rings. The first-order valence-corrected chi connectivity index (χ1v) is 10.6. The summed E-state index contributed by atoms with van der Waals surface area (Å²) in [6.45, 7) is 2.20. The summed E-state index contributed by atoms with van der Waals surface area (Å²) in [4.78, 5) is 23.8. The van der Waals surface area contributed by atoms with Crippen LogP contribution in [0, 0.1) is 6.92 Å². The molecule has 9 heteroatoms. The number of benzene rings is 2. The van der Waals surface area contributed by atoms with Gasteiger partial charge in [0.15, 0.2) is 11.5 Å². The molecular formula is C21H24N2O6S. The summed E-state index contributed by atoms with van der Waals surface area (Å²) >= 11 is 1.20. The lowest BCUT2D eigenvalue weighted by molar-refractivity contribution is -0.119. The minimum absolute atomic E-state index is 0.0198. The van der Waals surface area contributed by atoms with E-state index in [1.54, 1.807) is 18.2 Å². The molecule has 30 heavy (non-hydrogen) atoms. The van der Waals surface area contributed by atoms with Gasteiger partial charge in [-0.3, -0.25) is 9.59 Å². The van der Waals surface area contributed by atoms with Crippen molar-refractivity contribution in [2.45, 2.75) is 13.0 Å². The summed E-state index contributed by atoms with van der Waals surface area (Å²) < 4.78 is 16.0. The summed E-state index contributed by atoms with van der Waals surface area (Å²) in [5.74, 6) is 1.65. The third kappa shape index (κ3) is 6.85. The lowest BCUT2D eigenvalue weighted by Gasteiger charge is -2.13. The molecule has 1 aliphatic heterocycles. The molecule has 0 aliphatic carbocycles. The Balaban J connectivity index is 1.28. The fourth-order valence-electron chi connectivity index (χ4n) is 2.66. The molecule has 2 aromatic rings. The van der Waals surface area contributed by atoms with Gasteiger partial charge < -0.3 is 30.0 Å². The van der Waals surface area contributed by atoms with Crippen LogP contribution in [0.3, 0.4) is 0 Å². The minimum atomic E-state index is -0.867. The van der Waals surface area contributed by atoms with Gasteiger partial charge in [0.2, 0.25) is 18.6 Å². The van der Waals surface area contributed by atoms with Gasteiger partial charge in [-0.05, 0) is 36.8 Å². The number of thioether (sulfide) groups is 1. The van der Waals surface area contributed by atoms with E-state index in [1.165, 1.54) is 11.8 Å². The van der Waals surface area contributed by atoms with Crippen molar-refractivity contribution < 1.29 is 28.9 Å². The molecule has 1 heterocycles. The van der Waals surface area contributed by atoms with Gasteiger partial charge in [0.25, 0.3) is 0 Å². The predicted molar refractivity (Wildman–Crippen MR) is 114 cm³/mol. The van der Waals surface area contributed by atoms with Crippen molar-refractivity contribution in [1.29, 1.82) is 0 Å². The molecule has 0 saturated heterocycles. The van der Waals surface area contributed by atoms with E-state index in [-0.39, 0.29) is 43.3 Å². The molecular weight excluding hydrogens is 408 g/mol. The third-order valence-electron chi connectivity index (χ3n) is 4.09. The van der Waals surface area contributed by atoms with Crippen molar-refractivity contribution in [2.24, 2.45) is 0 Å². The number of carbonyl (C=O) groups is 2. The number of anilines is 1. The van der Waals surface area contributed by atoms with E-state index in [4.69, 9.17) is 14.2 Å². The molecule has 0 spiro atoms. The summed E-state index contributed by atoms with van der Waals surface area (Å²) in [5.41, 5.74) is 1.79. The highest BCUT2D eigenvalue weighted by Crippen LogP contribution is 2.35. The Bertz CT molecular complexity index is 892. The summed E-state index contributed by atoms with van der Waals surface area (Å²) in [6, 6.07) is 12.6. The average molecular weight is 432 g/mol. The van der Waals surface area contributed by atoms with Gasteiger partial charge in [-0.2, -0.15) is 0 Å². The molecule has 3 rings (SSSR count). The van der Waals surface area contributed by atoms with E-state index in [0.717, 1.165) is 11.3 Å². The van der Waals surface area contributed by atoms with Gasteiger partial charge in [-0.1, -0.05) is 12.1 Å². The Morgan fingerprint density at radius 2 is 1.93 bits per heavy atom. The van der Waals surface area contributed by atoms with Crippen LogP contribution >= 0.6 is 11.8 Å². The number of fused-ring (bicyclic) bond motifs is 1. The zero-order chi connectivity index (χ0) is 21.3. The van der Waals surface area contributed by atoms with Crippen molar-refractivity contribution in [2.75, 3.05) is 36.8 Å². The first-order chi connectivity index (χ1) is 14.5. The van der Waals surface area contributed by atoms with Crippen LogP contribution in [0.5, 0.6) is 17.2 Å². The molecule has 8 nitrogen and oxygen atoms in total. The fraction of sp³-hybridized carbons (Fsp3) is 0.333. The van der Waals surface area contributed by atoms with Crippen molar-refractivity contribution in [3.63, 3.8) is 0 Å². The van der Waals surface area contributed by atoms with Crippen LogP contribution in [0.4, 0.5) is 5.69 Å². The van der Waals surface area contributed by atoms with Gasteiger partial charge in [-0.25, -0.2) is 0 Å². The highest BCUT2D eigenvalue weighted by atomic mass is 32.2. The number of aliphatic hydroxyl groups excluding tert-OH is 1. The minimum Gasteiger partial charge on any atom is -0.491 e. The van der Waals surface area contributed by atoms with Crippen molar-refractivity contribution in [1.82, 2.24) is 5.32 Å². The molecule has 0 saturated carbocycles. The largest absolute Gasteiger partial charge is 0.491 e. The van der Waals surface area contributed by atoms with Crippen LogP contribution in [0.15, 0.2) is 42.5 Å². The maximum Gasteiger partial charge on any atom is 0.234 e. The Morgan fingerprint density at radius 1 is 1.13 bits per heavy atom. The van der Waals surface area contributed by atoms with Gasteiger partial charge in [0.1, 0.15) is 18.5 Å². The second kappa shape index (κ2) is 10.7. The van der Waals surface area contributed by atoms with Crippen molar-refractivity contribution >= 4 is 29.3 Å². The lowest BCUT2D eigenvalue weighted by atomic mass is 10.2. The normalized spacial score (nSPS) is 12.9. The van der Waals surface area contributed by atoms with Crippen molar-refractivity contribution in [3.8, 4) is 17.2 Å². The van der Waals surface area contributed by atoms with Crippen LogP contribution in [0.1, 0.15) is 5.56 Å². The summed E-state index contributed by atoms with van der Waals surface area (Å²) in [5, 5.41) is 15.4. The maximum atomic E-state index is 11.9. The first-order valence-electron chi connectivity index (χ1n) is 9.41. The highest BCUT2D eigenvalue weighted by Gasteiger charge is 2.15. The number of ether oxygens (including phenoxy) is 3. The first kappa shape index (κ1) is 21.8. The Labute approximate surface area is 178 Å². The predicted octanol–water partition coefficient (Wildman–Crippen LogP) is 1.95. The Morgan fingerprint density at radius 3 is 2.77 bits per heavy atom. The molecule has 1 atom stereocenters. The van der Waals surface area contributed by atoms with Gasteiger partial charge in [0.05, 0.1) is 11.5 Å². The molecule has 2 aromatic carbocycles. The molecule has 3 N–H and O–H groups in total. The van der Waals surface area contributed by atoms with Crippen LogP contribution < -0.4 is 24.8 Å². The molecule has 160 valence electrons. The maximum absolute atomic E-state index is 11.9. The number of rotatable bonds is 10. The highest BCUT2D eigenvalue weighted by molar-refractivity contribution is 8.00. The Hall–Kier alpha value is -2.91. The van der Waals surface area contributed by atoms with E-state index in [0.29, 0.717) is 17.2 Å². The quantitative estimate of drug-likeness (QED) is 0.527. The third-order valence-corrected chi connectivity index (χ3v) is 5.02. The van der Waals surface area contributed by atoms with Gasteiger partial charge >= 0.3 is 0 Å². The summed E-state index contributed by atoms with van der Waals surface area (Å²) in [6.07, 6.45) is -0.867. The zero-order valence-corrected chi connectivity index (χ0v) is 17.4. The van der Waals surface area contributed by atoms with E-state index in [2.05, 4.69) is 10.6 Å². The van der Waals surface area contributed by atoms with Crippen LogP contribution in [-0.4, -0.2) is 54.5 Å². The SMILES string of the molecule is Cc1cccc(NC(=O)CSCC(=O)NCC(O)COc2ccc3c(c2)OCO3)c1. The monoisotopic (exact) mass is 432 g/mol. The van der Waals surface area contributed by atoms with Crippen LogP contribution in [-0.2, 0) is 9.59 Å². The molecule has 2 amide bonds. The summed E-state index contributed by atoms with van der Waals surface area (Å²) in [7, 11) is 0.